The molecule has 1 fully saturated rings. The summed E-state index contributed by atoms with van der Waals surface area (Å²) in [6.07, 6.45) is 5.51. The number of amides is 1. The molecule has 1 aliphatic rings. The number of rotatable bonds is 9. The molecule has 0 spiro atoms. The number of nitrogens with two attached hydrogens (primary N) is 1. The Balaban J connectivity index is 1.56. The first-order valence-corrected chi connectivity index (χ1v) is 12.1. The Bertz CT molecular complexity index is 1170. The first-order chi connectivity index (χ1) is 16.8. The van der Waals surface area contributed by atoms with Gasteiger partial charge in [0, 0.05) is 68.3 Å². The second-order valence-corrected chi connectivity index (χ2v) is 9.30. The van der Waals surface area contributed by atoms with Gasteiger partial charge in [-0.3, -0.25) is 0 Å². The molecule has 0 aliphatic carbocycles. The fourth-order valence-corrected chi connectivity index (χ4v) is 4.51. The number of pyridine rings is 1. The Morgan fingerprint density at radius 2 is 2.00 bits per heavy atom. The number of piperidine rings is 1. The molecular formula is C25H32ClN5O4. The Hall–Kier alpha value is -3.17. The van der Waals surface area contributed by atoms with Crippen LogP contribution in [0.2, 0.25) is 5.02 Å². The SMILES string of the molecule is COc1cc(OCCCN(C)C)c(-c2cn3ccc(N4CCC(OC(N)=O)CC4)cc3n2)cc1Cl. The first-order valence-electron chi connectivity index (χ1n) is 11.7. The van der Waals surface area contributed by atoms with Crippen LogP contribution in [0.4, 0.5) is 10.5 Å². The van der Waals surface area contributed by atoms with E-state index in [2.05, 4.69) is 21.9 Å². The summed E-state index contributed by atoms with van der Waals surface area (Å²) in [6.45, 7) is 3.06. The van der Waals surface area contributed by atoms with Crippen LogP contribution in [0, 0.1) is 0 Å². The second kappa shape index (κ2) is 11.0. The van der Waals surface area contributed by atoms with Crippen molar-refractivity contribution in [2.75, 3.05) is 52.3 Å². The number of benzene rings is 1. The Kier molecular flexibility index (Phi) is 7.87. The van der Waals surface area contributed by atoms with E-state index in [1.54, 1.807) is 7.11 Å². The maximum Gasteiger partial charge on any atom is 0.404 e. The smallest absolute Gasteiger partial charge is 0.404 e. The number of anilines is 1. The number of fused-ring (bicyclic) bond motifs is 1. The van der Waals surface area contributed by atoms with E-state index in [1.807, 2.05) is 43.0 Å². The van der Waals surface area contributed by atoms with E-state index in [9.17, 15) is 4.79 Å². The van der Waals surface area contributed by atoms with Crippen molar-refractivity contribution >= 4 is 29.0 Å². The van der Waals surface area contributed by atoms with Crippen LogP contribution in [0.25, 0.3) is 16.9 Å². The summed E-state index contributed by atoms with van der Waals surface area (Å²) in [4.78, 5) is 20.3. The van der Waals surface area contributed by atoms with E-state index < -0.39 is 6.09 Å². The largest absolute Gasteiger partial charge is 0.495 e. The molecule has 1 aromatic carbocycles. The lowest BCUT2D eigenvalue weighted by atomic mass is 10.1. The topological polar surface area (TPSA) is 94.6 Å². The number of carbonyl (C=O) groups excluding carboxylic acids is 1. The quantitative estimate of drug-likeness (QED) is 0.442. The summed E-state index contributed by atoms with van der Waals surface area (Å²) in [6, 6.07) is 7.78. The van der Waals surface area contributed by atoms with Crippen LogP contribution in [0.1, 0.15) is 19.3 Å². The Labute approximate surface area is 210 Å². The summed E-state index contributed by atoms with van der Waals surface area (Å²) in [5.74, 6) is 1.25. The monoisotopic (exact) mass is 501 g/mol. The molecule has 35 heavy (non-hydrogen) atoms. The summed E-state index contributed by atoms with van der Waals surface area (Å²) in [7, 11) is 5.67. The number of methoxy groups -OCH3 is 1. The number of imidazole rings is 1. The predicted molar refractivity (Wildman–Crippen MR) is 137 cm³/mol. The molecule has 2 aromatic heterocycles. The van der Waals surface area contributed by atoms with Gasteiger partial charge in [-0.15, -0.1) is 0 Å². The molecule has 4 rings (SSSR count). The van der Waals surface area contributed by atoms with E-state index in [-0.39, 0.29) is 6.10 Å². The fraction of sp³-hybridized carbons (Fsp3) is 0.440. The zero-order valence-corrected chi connectivity index (χ0v) is 21.1. The lowest BCUT2D eigenvalue weighted by molar-refractivity contribution is 0.0912. The van der Waals surface area contributed by atoms with E-state index >= 15 is 0 Å². The van der Waals surface area contributed by atoms with Gasteiger partial charge in [-0.2, -0.15) is 0 Å². The van der Waals surface area contributed by atoms with Crippen molar-refractivity contribution in [3.8, 4) is 22.8 Å². The minimum absolute atomic E-state index is 0.124. The van der Waals surface area contributed by atoms with Gasteiger partial charge < -0.3 is 34.1 Å². The molecule has 188 valence electrons. The van der Waals surface area contributed by atoms with Gasteiger partial charge in [0.1, 0.15) is 23.3 Å². The van der Waals surface area contributed by atoms with Gasteiger partial charge in [-0.1, -0.05) is 11.6 Å². The fourth-order valence-electron chi connectivity index (χ4n) is 4.27. The molecule has 3 aromatic rings. The van der Waals surface area contributed by atoms with Gasteiger partial charge in [-0.05, 0) is 32.6 Å². The number of halogens is 1. The number of hydrogen-bond acceptors (Lipinski definition) is 7. The molecule has 0 radical (unpaired) electrons. The van der Waals surface area contributed by atoms with Crippen LogP contribution in [0.5, 0.6) is 11.5 Å². The third-order valence-electron chi connectivity index (χ3n) is 6.07. The molecule has 0 saturated carbocycles. The summed E-state index contributed by atoms with van der Waals surface area (Å²) >= 11 is 6.46. The molecular weight excluding hydrogens is 470 g/mol. The average molecular weight is 502 g/mol. The van der Waals surface area contributed by atoms with E-state index in [4.69, 9.17) is 36.5 Å². The third kappa shape index (κ3) is 6.10. The second-order valence-electron chi connectivity index (χ2n) is 8.89. The summed E-state index contributed by atoms with van der Waals surface area (Å²) in [5.41, 5.74) is 8.62. The number of carbonyl (C=O) groups is 1. The van der Waals surface area contributed by atoms with Crippen molar-refractivity contribution in [2.24, 2.45) is 5.73 Å². The van der Waals surface area contributed by atoms with Gasteiger partial charge in [0.05, 0.1) is 24.4 Å². The van der Waals surface area contributed by atoms with Crippen LogP contribution in [-0.2, 0) is 4.74 Å². The van der Waals surface area contributed by atoms with Crippen molar-refractivity contribution in [1.82, 2.24) is 14.3 Å². The normalized spacial score (nSPS) is 14.5. The number of nitrogens with zero attached hydrogens (tertiary/aromatic N) is 4. The van der Waals surface area contributed by atoms with E-state index in [0.29, 0.717) is 23.1 Å². The maximum absolute atomic E-state index is 11.0. The van der Waals surface area contributed by atoms with Gasteiger partial charge in [0.25, 0.3) is 0 Å². The van der Waals surface area contributed by atoms with Crippen molar-refractivity contribution < 1.29 is 19.0 Å². The van der Waals surface area contributed by atoms with Crippen LogP contribution in [0.15, 0.2) is 36.7 Å². The van der Waals surface area contributed by atoms with E-state index in [1.165, 1.54) is 0 Å². The minimum atomic E-state index is -0.713. The van der Waals surface area contributed by atoms with Crippen LogP contribution >= 0.6 is 11.6 Å². The molecule has 0 unspecified atom stereocenters. The van der Waals surface area contributed by atoms with Crippen LogP contribution in [0.3, 0.4) is 0 Å². The third-order valence-corrected chi connectivity index (χ3v) is 6.37. The molecule has 1 saturated heterocycles. The predicted octanol–water partition coefficient (Wildman–Crippen LogP) is 4.06. The highest BCUT2D eigenvalue weighted by molar-refractivity contribution is 6.32. The number of hydrogen-bond donors (Lipinski definition) is 1. The van der Waals surface area contributed by atoms with Gasteiger partial charge in [0.2, 0.25) is 0 Å². The first kappa shape index (κ1) is 24.9. The average Bonchev–Trinajstić information content (AvgIpc) is 3.25. The Morgan fingerprint density at radius 1 is 1.23 bits per heavy atom. The van der Waals surface area contributed by atoms with Crippen molar-refractivity contribution in [2.45, 2.75) is 25.4 Å². The standard InChI is InChI=1S/C25H32ClN5O4/c1-29(2)8-4-12-34-22-15-23(33-3)20(26)14-19(22)21-16-31-9-5-17(13-24(31)28-21)30-10-6-18(7-11-30)35-25(27)32/h5,9,13-16,18H,4,6-8,10-12H2,1-3H3,(H2,27,32). The highest BCUT2D eigenvalue weighted by Gasteiger charge is 2.22. The maximum atomic E-state index is 11.0. The molecule has 1 aliphatic heterocycles. The van der Waals surface area contributed by atoms with Crippen LogP contribution < -0.4 is 20.1 Å². The minimum Gasteiger partial charge on any atom is -0.495 e. The van der Waals surface area contributed by atoms with Gasteiger partial charge >= 0.3 is 6.09 Å². The summed E-state index contributed by atoms with van der Waals surface area (Å²) < 4.78 is 18.7. The molecule has 9 nitrogen and oxygen atoms in total. The molecule has 2 N–H and O–H groups in total. The van der Waals surface area contributed by atoms with Crippen molar-refractivity contribution in [1.29, 1.82) is 0 Å². The number of ether oxygens (including phenoxy) is 3. The number of aromatic nitrogens is 2. The zero-order valence-electron chi connectivity index (χ0n) is 20.4. The molecule has 10 heteroatoms. The molecule has 1 amide bonds. The highest BCUT2D eigenvalue weighted by Crippen LogP contribution is 2.38. The van der Waals surface area contributed by atoms with Crippen molar-refractivity contribution in [3.05, 3.63) is 41.7 Å². The lowest BCUT2D eigenvalue weighted by Gasteiger charge is -2.32. The number of primary amides is 1. The zero-order chi connectivity index (χ0) is 24.9. The van der Waals surface area contributed by atoms with Crippen LogP contribution in [-0.4, -0.2) is 73.9 Å². The van der Waals surface area contributed by atoms with Gasteiger partial charge in [0.15, 0.2) is 0 Å². The Morgan fingerprint density at radius 3 is 2.69 bits per heavy atom. The molecule has 0 bridgehead atoms. The van der Waals surface area contributed by atoms with Gasteiger partial charge in [-0.25, -0.2) is 9.78 Å². The molecule has 0 atom stereocenters. The van der Waals surface area contributed by atoms with E-state index in [0.717, 1.165) is 61.5 Å². The lowest BCUT2D eigenvalue weighted by Crippen LogP contribution is -2.38. The summed E-state index contributed by atoms with van der Waals surface area (Å²) in [5, 5.41) is 0.502. The molecule has 3 heterocycles. The highest BCUT2D eigenvalue weighted by atomic mass is 35.5. The van der Waals surface area contributed by atoms with Crippen molar-refractivity contribution in [3.63, 3.8) is 0 Å².